The second-order valence-corrected chi connectivity index (χ2v) is 9.03. The van der Waals surface area contributed by atoms with Crippen LogP contribution in [0.1, 0.15) is 75.0 Å². The molecule has 1 atom stereocenters. The number of unbranched alkanes of at least 4 members (excludes halogenated alkanes) is 8. The molecule has 0 aliphatic rings. The maximum absolute atomic E-state index is 13.2. The van der Waals surface area contributed by atoms with Crippen LogP contribution < -0.4 is 0 Å². The summed E-state index contributed by atoms with van der Waals surface area (Å²) in [6.07, 6.45) is 7.64. The Morgan fingerprint density at radius 1 is 0.759 bits per heavy atom. The van der Waals surface area contributed by atoms with Gasteiger partial charge < -0.3 is 0 Å². The minimum Gasteiger partial charge on any atom is -0.210 e. The molecule has 6 nitrogen and oxygen atoms in total. The largest absolute Gasteiger partial charge is 0.234 e. The first-order valence-corrected chi connectivity index (χ1v) is 11.8. The molecule has 1 aromatic rings. The van der Waals surface area contributed by atoms with Crippen molar-refractivity contribution in [2.75, 3.05) is 13.1 Å². The van der Waals surface area contributed by atoms with Crippen molar-refractivity contribution in [1.29, 1.82) is 15.8 Å². The molecule has 0 aliphatic heterocycles. The molecule has 0 radical (unpaired) electrons. The van der Waals surface area contributed by atoms with Crippen LogP contribution in [-0.2, 0) is 10.0 Å². The molecular formula is C22H30N4O2S. The summed E-state index contributed by atoms with van der Waals surface area (Å²) in [5, 5.41) is 25.6. The lowest BCUT2D eigenvalue weighted by molar-refractivity contribution is 0.382. The van der Waals surface area contributed by atoms with Crippen molar-refractivity contribution in [2.45, 2.75) is 69.5 Å². The molecule has 0 aliphatic carbocycles. The summed E-state index contributed by atoms with van der Waals surface area (Å²) in [4.78, 5) is 0. The fourth-order valence-electron chi connectivity index (χ4n) is 3.15. The van der Waals surface area contributed by atoms with E-state index in [1.807, 2.05) is 6.07 Å². The predicted molar refractivity (Wildman–Crippen MR) is 113 cm³/mol. The Morgan fingerprint density at radius 3 is 1.69 bits per heavy atom. The number of nitrogens with zero attached hydrogens (tertiary/aromatic N) is 4. The monoisotopic (exact) mass is 414 g/mol. The molecule has 0 bridgehead atoms. The lowest BCUT2D eigenvalue weighted by Crippen LogP contribution is -2.36. The SMILES string of the molecule is N#CCCCCCCN(CCCCCCC#N)S(=O)(=O)C(C#N)c1ccccc1. The summed E-state index contributed by atoms with van der Waals surface area (Å²) in [7, 11) is -3.79. The minimum absolute atomic E-state index is 0.387. The van der Waals surface area contributed by atoms with E-state index in [9.17, 15) is 13.7 Å². The van der Waals surface area contributed by atoms with E-state index in [2.05, 4.69) is 12.1 Å². The van der Waals surface area contributed by atoms with Gasteiger partial charge in [-0.2, -0.15) is 15.8 Å². The van der Waals surface area contributed by atoms with Gasteiger partial charge in [0.1, 0.15) is 0 Å². The Hall–Kier alpha value is -2.40. The first-order chi connectivity index (χ1) is 14.1. The van der Waals surface area contributed by atoms with E-state index in [4.69, 9.17) is 10.5 Å². The predicted octanol–water partition coefficient (Wildman–Crippen LogP) is 4.83. The van der Waals surface area contributed by atoms with E-state index in [1.165, 1.54) is 4.31 Å². The highest BCUT2D eigenvalue weighted by Crippen LogP contribution is 2.26. The number of nitriles is 3. The normalized spacial score (nSPS) is 12.1. The fourth-order valence-corrected chi connectivity index (χ4v) is 4.85. The van der Waals surface area contributed by atoms with Crippen LogP contribution in [0, 0.1) is 34.0 Å². The average Bonchev–Trinajstić information content (AvgIpc) is 2.72. The number of hydrogen-bond donors (Lipinski definition) is 0. The number of rotatable bonds is 15. The maximum atomic E-state index is 13.2. The van der Waals surface area contributed by atoms with Crippen LogP contribution in [0.15, 0.2) is 30.3 Å². The summed E-state index contributed by atoms with van der Waals surface area (Å²) in [5.41, 5.74) is 0.489. The molecule has 1 aromatic carbocycles. The molecule has 7 heteroatoms. The minimum atomic E-state index is -3.79. The van der Waals surface area contributed by atoms with E-state index < -0.39 is 15.3 Å². The molecule has 0 N–H and O–H groups in total. The van der Waals surface area contributed by atoms with Gasteiger partial charge in [0.25, 0.3) is 0 Å². The zero-order valence-electron chi connectivity index (χ0n) is 17.0. The molecule has 0 fully saturated rings. The lowest BCUT2D eigenvalue weighted by atomic mass is 10.1. The molecule has 1 unspecified atom stereocenters. The molecule has 29 heavy (non-hydrogen) atoms. The van der Waals surface area contributed by atoms with Crippen LogP contribution >= 0.6 is 0 Å². The van der Waals surface area contributed by atoms with E-state index >= 15 is 0 Å². The van der Waals surface area contributed by atoms with Crippen LogP contribution in [0.3, 0.4) is 0 Å². The molecule has 0 amide bonds. The highest BCUT2D eigenvalue weighted by atomic mass is 32.2. The van der Waals surface area contributed by atoms with Crippen molar-refractivity contribution < 1.29 is 8.42 Å². The van der Waals surface area contributed by atoms with Crippen molar-refractivity contribution in [3.05, 3.63) is 35.9 Å². The summed E-state index contributed by atoms with van der Waals surface area (Å²) in [5.74, 6) is 0. The van der Waals surface area contributed by atoms with E-state index in [-0.39, 0.29) is 0 Å². The fraction of sp³-hybridized carbons (Fsp3) is 0.591. The number of sulfonamides is 1. The van der Waals surface area contributed by atoms with Crippen LogP contribution in [0.4, 0.5) is 0 Å². The van der Waals surface area contributed by atoms with Gasteiger partial charge in [-0.05, 0) is 31.2 Å². The standard InChI is InChI=1S/C22H30N4O2S/c23-16-10-3-1-5-12-18-26(19-13-6-2-4-11-17-24)29(27,28)22(20-25)21-14-8-7-9-15-21/h7-9,14-15,22H,1-6,10-13,18-19H2. The topological polar surface area (TPSA) is 109 Å². The summed E-state index contributed by atoms with van der Waals surface area (Å²) >= 11 is 0. The smallest absolute Gasteiger partial charge is 0.210 e. The molecule has 0 heterocycles. The zero-order valence-corrected chi connectivity index (χ0v) is 17.8. The summed E-state index contributed by atoms with van der Waals surface area (Å²) in [6, 6.07) is 14.8. The summed E-state index contributed by atoms with van der Waals surface area (Å²) in [6.45, 7) is 0.774. The molecular weight excluding hydrogens is 384 g/mol. The Balaban J connectivity index is 2.77. The Labute approximate surface area is 175 Å². The highest BCUT2D eigenvalue weighted by Gasteiger charge is 2.32. The first kappa shape index (κ1) is 24.6. The van der Waals surface area contributed by atoms with Crippen LogP contribution in [-0.4, -0.2) is 25.8 Å². The Kier molecular flexibility index (Phi) is 12.4. The van der Waals surface area contributed by atoms with Gasteiger partial charge in [0.2, 0.25) is 10.0 Å². The molecule has 0 saturated heterocycles. The molecule has 1 rings (SSSR count). The van der Waals surface area contributed by atoms with Crippen molar-refractivity contribution in [2.24, 2.45) is 0 Å². The first-order valence-electron chi connectivity index (χ1n) is 10.3. The van der Waals surface area contributed by atoms with Crippen LogP contribution in [0.2, 0.25) is 0 Å². The number of hydrogen-bond acceptors (Lipinski definition) is 5. The Morgan fingerprint density at radius 2 is 1.24 bits per heavy atom. The van der Waals surface area contributed by atoms with Gasteiger partial charge in [-0.25, -0.2) is 12.7 Å². The van der Waals surface area contributed by atoms with Gasteiger partial charge in [0.05, 0.1) is 18.2 Å². The number of benzene rings is 1. The zero-order chi connectivity index (χ0) is 21.4. The molecule has 0 spiro atoms. The van der Waals surface area contributed by atoms with Crippen LogP contribution in [0.5, 0.6) is 0 Å². The van der Waals surface area contributed by atoms with Gasteiger partial charge >= 0.3 is 0 Å². The second kappa shape index (κ2) is 14.6. The van der Waals surface area contributed by atoms with Crippen molar-refractivity contribution in [3.8, 4) is 18.2 Å². The Bertz CT molecular complexity index is 778. The average molecular weight is 415 g/mol. The third-order valence-corrected chi connectivity index (χ3v) is 6.83. The third kappa shape index (κ3) is 9.09. The van der Waals surface area contributed by atoms with E-state index in [0.29, 0.717) is 44.3 Å². The van der Waals surface area contributed by atoms with Crippen molar-refractivity contribution >= 4 is 10.0 Å². The summed E-state index contributed by atoms with van der Waals surface area (Å²) < 4.78 is 27.9. The second-order valence-electron chi connectivity index (χ2n) is 7.01. The molecule has 0 saturated carbocycles. The lowest BCUT2D eigenvalue weighted by Gasteiger charge is -2.25. The van der Waals surface area contributed by atoms with Gasteiger partial charge in [-0.1, -0.05) is 56.0 Å². The quantitative estimate of drug-likeness (QED) is 0.382. The third-order valence-electron chi connectivity index (χ3n) is 4.77. The highest BCUT2D eigenvalue weighted by molar-refractivity contribution is 7.89. The van der Waals surface area contributed by atoms with Crippen molar-refractivity contribution in [3.63, 3.8) is 0 Å². The van der Waals surface area contributed by atoms with Gasteiger partial charge in [0.15, 0.2) is 5.25 Å². The van der Waals surface area contributed by atoms with Crippen LogP contribution in [0.25, 0.3) is 0 Å². The van der Waals surface area contributed by atoms with Gasteiger partial charge in [0, 0.05) is 25.9 Å². The van der Waals surface area contributed by atoms with E-state index in [0.717, 1.165) is 38.5 Å². The molecule has 0 aromatic heterocycles. The van der Waals surface area contributed by atoms with Gasteiger partial charge in [-0.3, -0.25) is 0 Å². The maximum Gasteiger partial charge on any atom is 0.234 e. The van der Waals surface area contributed by atoms with Crippen molar-refractivity contribution in [1.82, 2.24) is 4.31 Å². The van der Waals surface area contributed by atoms with Gasteiger partial charge in [-0.15, -0.1) is 0 Å². The van der Waals surface area contributed by atoms with E-state index in [1.54, 1.807) is 30.3 Å². The molecule has 156 valence electrons.